The average Bonchev–Trinajstić information content (AvgIpc) is 2.92. The number of hydrogen-bond acceptors (Lipinski definition) is 4. The van der Waals surface area contributed by atoms with Crippen molar-refractivity contribution in [1.82, 2.24) is 15.3 Å². The fraction of sp³-hybridized carbons (Fsp3) is 0.250. The predicted octanol–water partition coefficient (Wildman–Crippen LogP) is 4.10. The van der Waals surface area contributed by atoms with Gasteiger partial charge in [0.2, 0.25) is 0 Å². The molecule has 1 unspecified atom stereocenters. The first kappa shape index (κ1) is 13.2. The number of hydrogen-bond donors (Lipinski definition) is 1. The van der Waals surface area contributed by atoms with Gasteiger partial charge in [0.25, 0.3) is 0 Å². The lowest BCUT2D eigenvalue weighted by Crippen LogP contribution is -2.23. The Balaban J connectivity index is 1.77. The SMILES string of the molecule is CC(N[C@@H](C)c1ccccn1)c1nc2ccccc2s1. The molecule has 0 bridgehead atoms. The largest absolute Gasteiger partial charge is 0.300 e. The van der Waals surface area contributed by atoms with E-state index in [2.05, 4.69) is 42.3 Å². The zero-order valence-corrected chi connectivity index (χ0v) is 12.4. The first-order chi connectivity index (χ1) is 9.74. The Morgan fingerprint density at radius 1 is 1.00 bits per heavy atom. The van der Waals surface area contributed by atoms with Crippen LogP contribution in [0, 0.1) is 0 Å². The summed E-state index contributed by atoms with van der Waals surface area (Å²) in [7, 11) is 0. The zero-order valence-electron chi connectivity index (χ0n) is 11.6. The number of thiazole rings is 1. The summed E-state index contributed by atoms with van der Waals surface area (Å²) < 4.78 is 1.24. The molecule has 0 radical (unpaired) electrons. The molecule has 0 aliphatic carbocycles. The molecule has 0 aliphatic heterocycles. The molecular formula is C16H17N3S. The first-order valence-corrected chi connectivity index (χ1v) is 7.58. The van der Waals surface area contributed by atoms with Crippen LogP contribution in [0.25, 0.3) is 10.2 Å². The van der Waals surface area contributed by atoms with Gasteiger partial charge in [0.15, 0.2) is 0 Å². The quantitative estimate of drug-likeness (QED) is 0.783. The van der Waals surface area contributed by atoms with Crippen LogP contribution in [-0.4, -0.2) is 9.97 Å². The van der Waals surface area contributed by atoms with Crippen molar-refractivity contribution in [1.29, 1.82) is 0 Å². The molecule has 2 atom stereocenters. The van der Waals surface area contributed by atoms with Gasteiger partial charge >= 0.3 is 0 Å². The molecule has 2 heterocycles. The molecule has 3 aromatic rings. The Hall–Kier alpha value is -1.78. The van der Waals surface area contributed by atoms with E-state index < -0.39 is 0 Å². The highest BCUT2D eigenvalue weighted by Gasteiger charge is 2.15. The second-order valence-corrected chi connectivity index (χ2v) is 5.95. The maximum Gasteiger partial charge on any atom is 0.111 e. The van der Waals surface area contributed by atoms with Crippen LogP contribution in [0.2, 0.25) is 0 Å². The third kappa shape index (κ3) is 2.71. The topological polar surface area (TPSA) is 37.8 Å². The molecule has 20 heavy (non-hydrogen) atoms. The van der Waals surface area contributed by atoms with E-state index in [1.165, 1.54) is 4.70 Å². The summed E-state index contributed by atoms with van der Waals surface area (Å²) in [6, 6.07) is 14.7. The Morgan fingerprint density at radius 3 is 2.55 bits per heavy atom. The number of pyridine rings is 1. The van der Waals surface area contributed by atoms with Crippen LogP contribution < -0.4 is 5.32 Å². The van der Waals surface area contributed by atoms with E-state index in [9.17, 15) is 0 Å². The summed E-state index contributed by atoms with van der Waals surface area (Å²) in [5.74, 6) is 0. The van der Waals surface area contributed by atoms with Gasteiger partial charge in [-0.3, -0.25) is 4.98 Å². The lowest BCUT2D eigenvalue weighted by Gasteiger charge is -2.17. The van der Waals surface area contributed by atoms with Crippen molar-refractivity contribution in [3.8, 4) is 0 Å². The van der Waals surface area contributed by atoms with E-state index in [1.807, 2.05) is 30.5 Å². The number of fused-ring (bicyclic) bond motifs is 1. The van der Waals surface area contributed by atoms with Gasteiger partial charge in [-0.05, 0) is 38.1 Å². The van der Waals surface area contributed by atoms with Crippen LogP contribution in [0.15, 0.2) is 48.7 Å². The monoisotopic (exact) mass is 283 g/mol. The minimum atomic E-state index is 0.207. The maximum absolute atomic E-state index is 4.69. The summed E-state index contributed by atoms with van der Waals surface area (Å²) in [5.41, 5.74) is 2.13. The number of para-hydroxylation sites is 1. The first-order valence-electron chi connectivity index (χ1n) is 6.76. The number of nitrogens with one attached hydrogen (secondary N) is 1. The van der Waals surface area contributed by atoms with E-state index in [0.29, 0.717) is 0 Å². The zero-order chi connectivity index (χ0) is 13.9. The summed E-state index contributed by atoms with van der Waals surface area (Å²) >= 11 is 1.75. The van der Waals surface area contributed by atoms with Gasteiger partial charge in [0, 0.05) is 12.2 Å². The molecule has 3 rings (SSSR count). The normalized spacial score (nSPS) is 14.3. The molecule has 0 saturated carbocycles. The number of benzene rings is 1. The minimum absolute atomic E-state index is 0.207. The Morgan fingerprint density at radius 2 is 1.80 bits per heavy atom. The van der Waals surface area contributed by atoms with Crippen molar-refractivity contribution in [2.24, 2.45) is 0 Å². The van der Waals surface area contributed by atoms with Gasteiger partial charge in [-0.2, -0.15) is 0 Å². The Bertz CT molecular complexity index is 660. The predicted molar refractivity (Wildman–Crippen MR) is 83.8 cm³/mol. The lowest BCUT2D eigenvalue weighted by atomic mass is 10.2. The van der Waals surface area contributed by atoms with Crippen molar-refractivity contribution >= 4 is 21.6 Å². The molecule has 0 fully saturated rings. The second-order valence-electron chi connectivity index (χ2n) is 4.88. The maximum atomic E-state index is 4.69. The van der Waals surface area contributed by atoms with E-state index in [4.69, 9.17) is 4.98 Å². The number of nitrogens with zero attached hydrogens (tertiary/aromatic N) is 2. The Labute approximate surface area is 122 Å². The minimum Gasteiger partial charge on any atom is -0.300 e. The molecule has 0 saturated heterocycles. The van der Waals surface area contributed by atoms with Gasteiger partial charge in [-0.25, -0.2) is 4.98 Å². The molecule has 3 nitrogen and oxygen atoms in total. The second kappa shape index (κ2) is 5.69. The highest BCUT2D eigenvalue weighted by molar-refractivity contribution is 7.18. The van der Waals surface area contributed by atoms with Crippen molar-refractivity contribution in [3.05, 3.63) is 59.4 Å². The Kier molecular flexibility index (Phi) is 3.76. The van der Waals surface area contributed by atoms with Crippen LogP contribution in [0.4, 0.5) is 0 Å². The van der Waals surface area contributed by atoms with Gasteiger partial charge < -0.3 is 5.32 Å². The van der Waals surface area contributed by atoms with Crippen molar-refractivity contribution in [3.63, 3.8) is 0 Å². The van der Waals surface area contributed by atoms with Crippen LogP contribution in [0.1, 0.15) is 36.6 Å². The van der Waals surface area contributed by atoms with E-state index in [-0.39, 0.29) is 12.1 Å². The van der Waals surface area contributed by atoms with Crippen LogP contribution >= 0.6 is 11.3 Å². The van der Waals surface area contributed by atoms with Gasteiger partial charge in [0.05, 0.1) is 22.0 Å². The molecule has 0 spiro atoms. The third-order valence-electron chi connectivity index (χ3n) is 3.31. The third-order valence-corrected chi connectivity index (χ3v) is 4.53. The molecule has 1 aromatic carbocycles. The highest BCUT2D eigenvalue weighted by atomic mass is 32.1. The molecule has 0 aliphatic rings. The van der Waals surface area contributed by atoms with E-state index in [0.717, 1.165) is 16.2 Å². The molecule has 0 amide bonds. The lowest BCUT2D eigenvalue weighted by molar-refractivity contribution is 0.485. The van der Waals surface area contributed by atoms with Crippen molar-refractivity contribution < 1.29 is 0 Å². The van der Waals surface area contributed by atoms with Gasteiger partial charge in [0.1, 0.15) is 5.01 Å². The standard InChI is InChI=1S/C16H17N3S/c1-11(13-7-5-6-10-17-13)18-12(2)16-19-14-8-3-4-9-15(14)20-16/h3-12,18H,1-2H3/t11-,12?/m0/s1. The molecule has 4 heteroatoms. The molecule has 102 valence electrons. The van der Waals surface area contributed by atoms with E-state index in [1.54, 1.807) is 11.3 Å². The van der Waals surface area contributed by atoms with Crippen LogP contribution in [-0.2, 0) is 0 Å². The fourth-order valence-corrected chi connectivity index (χ4v) is 3.22. The molecule has 2 aromatic heterocycles. The molecule has 1 N–H and O–H groups in total. The van der Waals surface area contributed by atoms with Crippen molar-refractivity contribution in [2.75, 3.05) is 0 Å². The van der Waals surface area contributed by atoms with Gasteiger partial charge in [-0.15, -0.1) is 11.3 Å². The molecular weight excluding hydrogens is 266 g/mol. The van der Waals surface area contributed by atoms with Crippen LogP contribution in [0.3, 0.4) is 0 Å². The fourth-order valence-electron chi connectivity index (χ4n) is 2.24. The van der Waals surface area contributed by atoms with Gasteiger partial charge in [-0.1, -0.05) is 18.2 Å². The van der Waals surface area contributed by atoms with E-state index >= 15 is 0 Å². The smallest absolute Gasteiger partial charge is 0.111 e. The highest BCUT2D eigenvalue weighted by Crippen LogP contribution is 2.27. The summed E-state index contributed by atoms with van der Waals surface area (Å²) in [6.45, 7) is 4.28. The summed E-state index contributed by atoms with van der Waals surface area (Å²) in [4.78, 5) is 9.08. The van der Waals surface area contributed by atoms with Crippen LogP contribution in [0.5, 0.6) is 0 Å². The number of aromatic nitrogens is 2. The summed E-state index contributed by atoms with van der Waals surface area (Å²) in [6.07, 6.45) is 1.83. The van der Waals surface area contributed by atoms with Crippen molar-refractivity contribution in [2.45, 2.75) is 25.9 Å². The summed E-state index contributed by atoms with van der Waals surface area (Å²) in [5, 5.41) is 4.68. The average molecular weight is 283 g/mol. The number of rotatable bonds is 4.